The summed E-state index contributed by atoms with van der Waals surface area (Å²) >= 11 is 0. The lowest BCUT2D eigenvalue weighted by atomic mass is 9.84. The van der Waals surface area contributed by atoms with Crippen LogP contribution in [0.3, 0.4) is 0 Å². The second kappa shape index (κ2) is 9.77. The summed E-state index contributed by atoms with van der Waals surface area (Å²) in [4.78, 5) is 0. The standard InChI is InChI=1S/C38H20N4/c39-19-27(20-40)37-33-15-25(23-7-3-1-4-8-23)11-13-29(33)31-17-36-32(18-35(31)37)30-14-12-26(24-9-5-2-6-10-24)16-34(30)38(36)28(21-41)22-42/h1-18,27,37H. The molecule has 0 aliphatic heterocycles. The number of nitriles is 4. The van der Waals surface area contributed by atoms with Gasteiger partial charge < -0.3 is 0 Å². The molecule has 0 saturated carbocycles. The maximum atomic E-state index is 10.0. The van der Waals surface area contributed by atoms with Gasteiger partial charge in [0.25, 0.3) is 0 Å². The molecule has 1 unspecified atom stereocenters. The van der Waals surface area contributed by atoms with Crippen LogP contribution in [-0.4, -0.2) is 0 Å². The van der Waals surface area contributed by atoms with E-state index in [0.29, 0.717) is 5.57 Å². The number of nitrogens with zero attached hydrogens (tertiary/aromatic N) is 4. The largest absolute Gasteiger partial charge is 0.197 e. The minimum Gasteiger partial charge on any atom is -0.197 e. The van der Waals surface area contributed by atoms with Crippen LogP contribution in [0.25, 0.3) is 50.1 Å². The van der Waals surface area contributed by atoms with Crippen LogP contribution in [0.2, 0.25) is 0 Å². The molecule has 0 amide bonds. The van der Waals surface area contributed by atoms with Crippen LogP contribution >= 0.6 is 0 Å². The molecule has 0 N–H and O–H groups in total. The summed E-state index contributed by atoms with van der Waals surface area (Å²) in [6.07, 6.45) is 0. The Kier molecular flexibility index (Phi) is 5.77. The van der Waals surface area contributed by atoms with Crippen molar-refractivity contribution >= 4 is 5.57 Å². The van der Waals surface area contributed by atoms with E-state index in [2.05, 4.69) is 54.6 Å². The molecular weight excluding hydrogens is 512 g/mol. The van der Waals surface area contributed by atoms with Gasteiger partial charge in [0.1, 0.15) is 23.6 Å². The topological polar surface area (TPSA) is 95.2 Å². The van der Waals surface area contributed by atoms with E-state index in [0.717, 1.165) is 66.8 Å². The van der Waals surface area contributed by atoms with Gasteiger partial charge in [0.2, 0.25) is 0 Å². The van der Waals surface area contributed by atoms with Gasteiger partial charge in [-0.05, 0) is 91.0 Å². The van der Waals surface area contributed by atoms with Crippen molar-refractivity contribution in [3.63, 3.8) is 0 Å². The summed E-state index contributed by atoms with van der Waals surface area (Å²) < 4.78 is 0. The smallest absolute Gasteiger partial charge is 0.144 e. The predicted octanol–water partition coefficient (Wildman–Crippen LogP) is 8.63. The fraction of sp³-hybridized carbons (Fsp3) is 0.0526. The van der Waals surface area contributed by atoms with Gasteiger partial charge in [-0.1, -0.05) is 84.9 Å². The van der Waals surface area contributed by atoms with Crippen molar-refractivity contribution in [1.82, 2.24) is 0 Å². The quantitative estimate of drug-likeness (QED) is 0.213. The highest BCUT2D eigenvalue weighted by Crippen LogP contribution is 2.55. The molecule has 0 aromatic heterocycles. The third-order valence-electron chi connectivity index (χ3n) is 8.35. The van der Waals surface area contributed by atoms with Gasteiger partial charge in [-0.15, -0.1) is 0 Å². The van der Waals surface area contributed by atoms with E-state index in [9.17, 15) is 21.0 Å². The van der Waals surface area contributed by atoms with Crippen LogP contribution in [-0.2, 0) is 0 Å². The number of benzene rings is 5. The van der Waals surface area contributed by atoms with Crippen molar-refractivity contribution in [2.75, 3.05) is 0 Å². The van der Waals surface area contributed by atoms with Gasteiger partial charge in [0.05, 0.1) is 12.1 Å². The molecule has 7 rings (SSSR count). The predicted molar refractivity (Wildman–Crippen MR) is 162 cm³/mol. The molecule has 4 nitrogen and oxygen atoms in total. The molecular formula is C38H20N4. The molecule has 0 spiro atoms. The molecule has 5 aromatic carbocycles. The van der Waals surface area contributed by atoms with Crippen LogP contribution in [0.15, 0.2) is 115 Å². The Labute approximate surface area is 243 Å². The minimum absolute atomic E-state index is 0.0567. The molecule has 192 valence electrons. The van der Waals surface area contributed by atoms with E-state index in [1.54, 1.807) is 0 Å². The number of rotatable bonds is 3. The van der Waals surface area contributed by atoms with Crippen molar-refractivity contribution in [3.05, 3.63) is 137 Å². The first-order valence-corrected chi connectivity index (χ1v) is 13.6. The molecule has 5 aromatic rings. The number of fused-ring (bicyclic) bond motifs is 6. The average Bonchev–Trinajstić information content (AvgIpc) is 3.53. The van der Waals surface area contributed by atoms with Gasteiger partial charge in [0, 0.05) is 11.5 Å². The Bertz CT molecular complexity index is 2100. The molecule has 42 heavy (non-hydrogen) atoms. The zero-order valence-electron chi connectivity index (χ0n) is 22.3. The Balaban J connectivity index is 1.48. The van der Waals surface area contributed by atoms with Crippen LogP contribution in [0, 0.1) is 51.2 Å². The molecule has 2 aliphatic rings. The van der Waals surface area contributed by atoms with E-state index in [1.165, 1.54) is 0 Å². The Hall–Kier alpha value is -6.20. The molecule has 0 radical (unpaired) electrons. The summed E-state index contributed by atoms with van der Waals surface area (Å²) in [6.45, 7) is 0. The summed E-state index contributed by atoms with van der Waals surface area (Å²) in [5.74, 6) is -1.30. The zero-order valence-corrected chi connectivity index (χ0v) is 22.3. The molecule has 0 heterocycles. The molecule has 0 bridgehead atoms. The lowest BCUT2D eigenvalue weighted by Gasteiger charge is -2.16. The summed E-state index contributed by atoms with van der Waals surface area (Å²) in [5.41, 5.74) is 12.0. The van der Waals surface area contributed by atoms with Crippen molar-refractivity contribution in [1.29, 1.82) is 21.0 Å². The van der Waals surface area contributed by atoms with E-state index in [4.69, 9.17) is 0 Å². The molecule has 4 heteroatoms. The van der Waals surface area contributed by atoms with Crippen LogP contribution in [0.5, 0.6) is 0 Å². The van der Waals surface area contributed by atoms with Gasteiger partial charge in [-0.3, -0.25) is 0 Å². The Morgan fingerprint density at radius 1 is 0.476 bits per heavy atom. The van der Waals surface area contributed by atoms with E-state index in [-0.39, 0.29) is 5.57 Å². The normalized spacial score (nSPS) is 13.5. The number of allylic oxidation sites excluding steroid dienone is 1. The first kappa shape index (κ1) is 24.8. The number of hydrogen-bond acceptors (Lipinski definition) is 4. The molecule has 2 aliphatic carbocycles. The summed E-state index contributed by atoms with van der Waals surface area (Å²) in [5, 5.41) is 40.1. The fourth-order valence-corrected chi connectivity index (χ4v) is 6.46. The highest BCUT2D eigenvalue weighted by atomic mass is 14.4. The monoisotopic (exact) mass is 532 g/mol. The van der Waals surface area contributed by atoms with Crippen molar-refractivity contribution in [3.8, 4) is 68.8 Å². The first-order valence-electron chi connectivity index (χ1n) is 13.6. The second-order valence-corrected chi connectivity index (χ2v) is 10.5. The second-order valence-electron chi connectivity index (χ2n) is 10.5. The summed E-state index contributed by atoms with van der Waals surface area (Å²) in [6, 6.07) is 45.2. The van der Waals surface area contributed by atoms with E-state index >= 15 is 0 Å². The highest BCUT2D eigenvalue weighted by Gasteiger charge is 2.38. The minimum atomic E-state index is -0.876. The third kappa shape index (κ3) is 3.65. The Morgan fingerprint density at radius 2 is 1.02 bits per heavy atom. The van der Waals surface area contributed by atoms with E-state index in [1.807, 2.05) is 78.9 Å². The molecule has 1 atom stereocenters. The molecule has 0 fully saturated rings. The van der Waals surface area contributed by atoms with Gasteiger partial charge in [-0.25, -0.2) is 0 Å². The van der Waals surface area contributed by atoms with Gasteiger partial charge in [0.15, 0.2) is 0 Å². The zero-order chi connectivity index (χ0) is 28.8. The lowest BCUT2D eigenvalue weighted by Crippen LogP contribution is -2.08. The average molecular weight is 533 g/mol. The van der Waals surface area contributed by atoms with Crippen LogP contribution in [0.4, 0.5) is 0 Å². The van der Waals surface area contributed by atoms with Gasteiger partial charge in [-0.2, -0.15) is 21.0 Å². The highest BCUT2D eigenvalue weighted by molar-refractivity contribution is 6.07. The van der Waals surface area contributed by atoms with Crippen molar-refractivity contribution < 1.29 is 0 Å². The first-order chi connectivity index (χ1) is 20.7. The third-order valence-corrected chi connectivity index (χ3v) is 8.35. The molecule has 0 saturated heterocycles. The van der Waals surface area contributed by atoms with Crippen molar-refractivity contribution in [2.24, 2.45) is 5.92 Å². The fourth-order valence-electron chi connectivity index (χ4n) is 6.46. The summed E-state index contributed by atoms with van der Waals surface area (Å²) in [7, 11) is 0. The maximum absolute atomic E-state index is 10.0. The SMILES string of the molecule is N#CC(C#N)=C1c2cc(-c3ccccc3)ccc2-c2cc3c(cc21)-c1ccc(-c2ccccc2)cc1C3C(C#N)C#N. The van der Waals surface area contributed by atoms with Crippen LogP contribution < -0.4 is 0 Å². The van der Waals surface area contributed by atoms with Gasteiger partial charge >= 0.3 is 0 Å². The Morgan fingerprint density at radius 3 is 1.62 bits per heavy atom. The van der Waals surface area contributed by atoms with Crippen LogP contribution in [0.1, 0.15) is 28.2 Å². The van der Waals surface area contributed by atoms with Crippen molar-refractivity contribution in [2.45, 2.75) is 5.92 Å². The lowest BCUT2D eigenvalue weighted by molar-refractivity contribution is 0.726. The number of hydrogen-bond donors (Lipinski definition) is 0. The van der Waals surface area contributed by atoms with E-state index < -0.39 is 11.8 Å². The maximum Gasteiger partial charge on any atom is 0.144 e.